The molecular formula is C24H29N3O2S. The van der Waals surface area contributed by atoms with Crippen LogP contribution in [0.4, 0.5) is 5.69 Å². The second-order valence-corrected chi connectivity index (χ2v) is 8.95. The number of anilines is 1. The molecule has 0 aliphatic carbocycles. The van der Waals surface area contributed by atoms with Gasteiger partial charge in [0.05, 0.1) is 11.4 Å². The van der Waals surface area contributed by atoms with Gasteiger partial charge in [-0.2, -0.15) is 0 Å². The van der Waals surface area contributed by atoms with E-state index in [2.05, 4.69) is 28.4 Å². The normalized spacial score (nSPS) is 16.9. The molecule has 1 saturated heterocycles. The third kappa shape index (κ3) is 5.24. The Labute approximate surface area is 182 Å². The molecule has 5 nitrogen and oxygen atoms in total. The predicted octanol–water partition coefficient (Wildman–Crippen LogP) is 3.82. The molecule has 0 radical (unpaired) electrons. The standard InChI is InChI=1S/C24H29N3O2S/c28-23(12-15-27-21-10-4-5-11-22(21)30-18-24(27)29)25-16-19-8-2-3-9-20(19)17-26-13-6-1-7-14-26/h2-5,8-11H,1,6-7,12-18H2,(H,25,28). The zero-order valence-electron chi connectivity index (χ0n) is 17.3. The van der Waals surface area contributed by atoms with Gasteiger partial charge < -0.3 is 10.2 Å². The molecule has 2 aromatic rings. The highest BCUT2D eigenvalue weighted by molar-refractivity contribution is 8.00. The van der Waals surface area contributed by atoms with Gasteiger partial charge in [-0.25, -0.2) is 0 Å². The minimum Gasteiger partial charge on any atom is -0.352 e. The van der Waals surface area contributed by atoms with E-state index >= 15 is 0 Å². The first kappa shape index (κ1) is 20.9. The molecule has 0 aromatic heterocycles. The van der Waals surface area contributed by atoms with Gasteiger partial charge in [0, 0.05) is 31.0 Å². The summed E-state index contributed by atoms with van der Waals surface area (Å²) in [5, 5.41) is 3.05. The van der Waals surface area contributed by atoms with Crippen LogP contribution in [0, 0.1) is 0 Å². The molecule has 0 saturated carbocycles. The number of hydrogen-bond donors (Lipinski definition) is 1. The highest BCUT2D eigenvalue weighted by Gasteiger charge is 2.24. The fourth-order valence-corrected chi connectivity index (χ4v) is 5.07. The number of fused-ring (bicyclic) bond motifs is 1. The second kappa shape index (κ2) is 10.1. The SMILES string of the molecule is O=C(CCN1C(=O)CSc2ccccc21)NCc1ccccc1CN1CCCCC1. The van der Waals surface area contributed by atoms with E-state index in [1.807, 2.05) is 30.3 Å². The molecule has 1 fully saturated rings. The van der Waals surface area contributed by atoms with Gasteiger partial charge in [-0.1, -0.05) is 42.8 Å². The Morgan fingerprint density at radius 2 is 1.70 bits per heavy atom. The molecule has 0 unspecified atom stereocenters. The van der Waals surface area contributed by atoms with Gasteiger partial charge in [-0.3, -0.25) is 14.5 Å². The third-order valence-electron chi connectivity index (χ3n) is 5.81. The summed E-state index contributed by atoms with van der Waals surface area (Å²) in [5.41, 5.74) is 3.38. The maximum absolute atomic E-state index is 12.5. The molecule has 2 aliphatic heterocycles. The van der Waals surface area contributed by atoms with Crippen LogP contribution in [0.1, 0.15) is 36.8 Å². The van der Waals surface area contributed by atoms with Crippen LogP contribution in [0.3, 0.4) is 0 Å². The van der Waals surface area contributed by atoms with Crippen molar-refractivity contribution in [2.75, 3.05) is 30.3 Å². The Morgan fingerprint density at radius 1 is 0.967 bits per heavy atom. The van der Waals surface area contributed by atoms with Gasteiger partial charge in [0.25, 0.3) is 0 Å². The summed E-state index contributed by atoms with van der Waals surface area (Å²) in [6.45, 7) is 4.21. The van der Waals surface area contributed by atoms with Crippen LogP contribution in [0.2, 0.25) is 0 Å². The maximum atomic E-state index is 12.5. The lowest BCUT2D eigenvalue weighted by Gasteiger charge is -2.28. The molecule has 2 aliphatic rings. The first-order valence-corrected chi connectivity index (χ1v) is 11.8. The number of para-hydroxylation sites is 1. The van der Waals surface area contributed by atoms with Gasteiger partial charge in [0.1, 0.15) is 0 Å². The van der Waals surface area contributed by atoms with Crippen LogP contribution in [-0.4, -0.2) is 42.1 Å². The molecule has 30 heavy (non-hydrogen) atoms. The molecule has 1 N–H and O–H groups in total. The van der Waals surface area contributed by atoms with E-state index in [0.29, 0.717) is 25.3 Å². The Hall–Kier alpha value is -2.31. The minimum absolute atomic E-state index is 0.0220. The Balaban J connectivity index is 1.31. The van der Waals surface area contributed by atoms with Crippen LogP contribution >= 0.6 is 11.8 Å². The summed E-state index contributed by atoms with van der Waals surface area (Å²) in [5.74, 6) is 0.479. The molecule has 0 spiro atoms. The Bertz CT molecular complexity index is 896. The summed E-state index contributed by atoms with van der Waals surface area (Å²) >= 11 is 1.56. The van der Waals surface area contributed by atoms with Crippen LogP contribution in [-0.2, 0) is 22.7 Å². The van der Waals surface area contributed by atoms with E-state index in [-0.39, 0.29) is 11.8 Å². The van der Waals surface area contributed by atoms with Gasteiger partial charge in [0.2, 0.25) is 11.8 Å². The number of likely N-dealkylation sites (tertiary alicyclic amines) is 1. The number of amides is 2. The predicted molar refractivity (Wildman–Crippen MR) is 122 cm³/mol. The van der Waals surface area contributed by atoms with Crippen molar-refractivity contribution in [1.29, 1.82) is 0 Å². The zero-order valence-corrected chi connectivity index (χ0v) is 18.1. The van der Waals surface area contributed by atoms with Gasteiger partial charge in [-0.05, 0) is 49.2 Å². The Kier molecular flexibility index (Phi) is 7.07. The topological polar surface area (TPSA) is 52.7 Å². The molecular weight excluding hydrogens is 394 g/mol. The summed E-state index contributed by atoms with van der Waals surface area (Å²) < 4.78 is 0. The largest absolute Gasteiger partial charge is 0.352 e. The summed E-state index contributed by atoms with van der Waals surface area (Å²) in [4.78, 5) is 30.2. The molecule has 2 amide bonds. The lowest BCUT2D eigenvalue weighted by atomic mass is 10.0. The lowest BCUT2D eigenvalue weighted by Crippen LogP contribution is -2.38. The summed E-state index contributed by atoms with van der Waals surface area (Å²) in [6.07, 6.45) is 4.18. The molecule has 0 atom stereocenters. The van der Waals surface area contributed by atoms with Crippen LogP contribution < -0.4 is 10.2 Å². The van der Waals surface area contributed by atoms with E-state index in [9.17, 15) is 9.59 Å². The molecule has 2 heterocycles. The molecule has 158 valence electrons. The average Bonchev–Trinajstić information content (AvgIpc) is 2.78. The maximum Gasteiger partial charge on any atom is 0.237 e. The van der Waals surface area contributed by atoms with Crippen molar-refractivity contribution in [3.8, 4) is 0 Å². The summed E-state index contributed by atoms with van der Waals surface area (Å²) in [7, 11) is 0. The quantitative estimate of drug-likeness (QED) is 0.736. The minimum atomic E-state index is -0.0220. The number of rotatable bonds is 7. The Morgan fingerprint density at radius 3 is 2.53 bits per heavy atom. The third-order valence-corrected chi connectivity index (χ3v) is 6.86. The van der Waals surface area contributed by atoms with Crippen LogP contribution in [0.5, 0.6) is 0 Å². The average molecular weight is 424 g/mol. The van der Waals surface area contributed by atoms with Crippen LogP contribution in [0.25, 0.3) is 0 Å². The number of thioether (sulfide) groups is 1. The van der Waals surface area contributed by atoms with E-state index < -0.39 is 0 Å². The number of nitrogens with one attached hydrogen (secondary N) is 1. The van der Waals surface area contributed by atoms with Gasteiger partial charge in [0.15, 0.2) is 0 Å². The number of hydrogen-bond acceptors (Lipinski definition) is 4. The number of nitrogens with zero attached hydrogens (tertiary/aromatic N) is 2. The highest BCUT2D eigenvalue weighted by atomic mass is 32.2. The van der Waals surface area contributed by atoms with Gasteiger partial charge in [-0.15, -0.1) is 11.8 Å². The first-order valence-electron chi connectivity index (χ1n) is 10.8. The lowest BCUT2D eigenvalue weighted by molar-refractivity contribution is -0.121. The molecule has 0 bridgehead atoms. The van der Waals surface area contributed by atoms with Crippen molar-refractivity contribution in [3.63, 3.8) is 0 Å². The van der Waals surface area contributed by atoms with Crippen LogP contribution in [0.15, 0.2) is 53.4 Å². The van der Waals surface area contributed by atoms with E-state index in [4.69, 9.17) is 0 Å². The monoisotopic (exact) mass is 423 g/mol. The van der Waals surface area contributed by atoms with Crippen molar-refractivity contribution >= 4 is 29.3 Å². The number of carbonyl (C=O) groups excluding carboxylic acids is 2. The molecule has 2 aromatic carbocycles. The first-order chi connectivity index (χ1) is 14.7. The van der Waals surface area contributed by atoms with Crippen molar-refractivity contribution in [1.82, 2.24) is 10.2 Å². The fraction of sp³-hybridized carbons (Fsp3) is 0.417. The van der Waals surface area contributed by atoms with Gasteiger partial charge >= 0.3 is 0 Å². The summed E-state index contributed by atoms with van der Waals surface area (Å²) in [6, 6.07) is 16.3. The highest BCUT2D eigenvalue weighted by Crippen LogP contribution is 2.34. The fourth-order valence-electron chi connectivity index (χ4n) is 4.14. The smallest absolute Gasteiger partial charge is 0.237 e. The zero-order chi connectivity index (χ0) is 20.8. The van der Waals surface area contributed by atoms with Crippen molar-refractivity contribution in [2.24, 2.45) is 0 Å². The van der Waals surface area contributed by atoms with E-state index in [1.165, 1.54) is 30.4 Å². The second-order valence-electron chi connectivity index (χ2n) is 7.93. The van der Waals surface area contributed by atoms with Crippen molar-refractivity contribution < 1.29 is 9.59 Å². The van der Waals surface area contributed by atoms with E-state index in [1.54, 1.807) is 16.7 Å². The van der Waals surface area contributed by atoms with E-state index in [0.717, 1.165) is 30.2 Å². The number of piperidine rings is 1. The van der Waals surface area contributed by atoms with Crippen molar-refractivity contribution in [2.45, 2.75) is 43.7 Å². The molecule has 6 heteroatoms. The number of benzene rings is 2. The van der Waals surface area contributed by atoms with Crippen molar-refractivity contribution in [3.05, 3.63) is 59.7 Å². The molecule has 4 rings (SSSR count). The number of carbonyl (C=O) groups is 2.